The van der Waals surface area contributed by atoms with Crippen molar-refractivity contribution in [2.24, 2.45) is 0 Å². The molecule has 138 valence electrons. The number of hydrogen-bond donors (Lipinski definition) is 0. The molecule has 0 N–H and O–H groups in total. The van der Waals surface area contributed by atoms with Gasteiger partial charge >= 0.3 is 0 Å². The average molecular weight is 362 g/mol. The van der Waals surface area contributed by atoms with Gasteiger partial charge in [0.2, 0.25) is 0 Å². The topological polar surface area (TPSA) is 48.7 Å². The number of allylic oxidation sites excluding steroid dienone is 1. The van der Waals surface area contributed by atoms with Gasteiger partial charge < -0.3 is 13.9 Å². The van der Waals surface area contributed by atoms with E-state index in [-0.39, 0.29) is 11.7 Å². The molecule has 4 rings (SSSR count). The molecule has 0 bridgehead atoms. The second-order valence-electron chi connectivity index (χ2n) is 6.63. The predicted octanol–water partition coefficient (Wildman–Crippen LogP) is 4.93. The zero-order valence-electron chi connectivity index (χ0n) is 15.3. The lowest BCUT2D eigenvalue weighted by molar-refractivity contribution is -0.0457. The molecule has 2 heterocycles. The second kappa shape index (κ2) is 7.91. The van der Waals surface area contributed by atoms with Gasteiger partial charge in [0.05, 0.1) is 18.6 Å². The fraction of sp³-hybridized carbons (Fsp3) is 0.261. The van der Waals surface area contributed by atoms with Crippen molar-refractivity contribution in [3.8, 4) is 11.3 Å². The lowest BCUT2D eigenvalue weighted by Crippen LogP contribution is -2.07. The van der Waals surface area contributed by atoms with E-state index in [0.29, 0.717) is 35.5 Å². The van der Waals surface area contributed by atoms with Crippen molar-refractivity contribution in [3.63, 3.8) is 0 Å². The fourth-order valence-electron chi connectivity index (χ4n) is 3.34. The van der Waals surface area contributed by atoms with Gasteiger partial charge in [0.15, 0.2) is 11.7 Å². The molecule has 3 aromatic rings. The molecule has 2 aromatic carbocycles. The summed E-state index contributed by atoms with van der Waals surface area (Å²) in [6.45, 7) is 3.16. The van der Waals surface area contributed by atoms with Crippen LogP contribution in [-0.4, -0.2) is 19.5 Å². The lowest BCUT2D eigenvalue weighted by atomic mass is 10.0. The van der Waals surface area contributed by atoms with Crippen LogP contribution >= 0.6 is 0 Å². The summed E-state index contributed by atoms with van der Waals surface area (Å²) < 4.78 is 17.1. The molecule has 0 aliphatic carbocycles. The highest BCUT2D eigenvalue weighted by molar-refractivity contribution is 5.87. The Kier molecular flexibility index (Phi) is 5.19. The lowest BCUT2D eigenvalue weighted by Gasteiger charge is -2.09. The van der Waals surface area contributed by atoms with Gasteiger partial charge in [0.25, 0.3) is 0 Å². The first-order valence-corrected chi connectivity index (χ1v) is 9.25. The normalized spacial score (nSPS) is 15.1. The molecule has 0 radical (unpaired) electrons. The Balaban J connectivity index is 1.69. The SMILES string of the molecule is Cc1c(-c2ccccc2)oc2c(C=CCCC3OCCO3)cccc2c1=O. The maximum absolute atomic E-state index is 12.9. The summed E-state index contributed by atoms with van der Waals surface area (Å²) >= 11 is 0. The molecule has 1 aliphatic heterocycles. The van der Waals surface area contributed by atoms with E-state index >= 15 is 0 Å². The van der Waals surface area contributed by atoms with Crippen molar-refractivity contribution in [1.82, 2.24) is 0 Å². The first-order chi connectivity index (χ1) is 13.2. The molecule has 1 aliphatic rings. The summed E-state index contributed by atoms with van der Waals surface area (Å²) in [5, 5.41) is 0.608. The molecule has 1 aromatic heterocycles. The van der Waals surface area contributed by atoms with E-state index in [0.717, 1.165) is 24.0 Å². The van der Waals surface area contributed by atoms with E-state index in [1.54, 1.807) is 0 Å². The smallest absolute Gasteiger partial charge is 0.196 e. The molecule has 0 saturated carbocycles. The minimum atomic E-state index is -0.104. The molecule has 0 unspecified atom stereocenters. The van der Waals surface area contributed by atoms with E-state index in [2.05, 4.69) is 6.08 Å². The summed E-state index contributed by atoms with van der Waals surface area (Å²) in [7, 11) is 0. The highest BCUT2D eigenvalue weighted by atomic mass is 16.7. The molecule has 0 atom stereocenters. The van der Waals surface area contributed by atoms with Crippen LogP contribution in [0, 0.1) is 6.92 Å². The van der Waals surface area contributed by atoms with Gasteiger partial charge in [0.1, 0.15) is 11.3 Å². The van der Waals surface area contributed by atoms with Gasteiger partial charge in [-0.1, -0.05) is 54.6 Å². The Morgan fingerprint density at radius 2 is 1.81 bits per heavy atom. The zero-order valence-corrected chi connectivity index (χ0v) is 15.3. The molecule has 0 amide bonds. The second-order valence-corrected chi connectivity index (χ2v) is 6.63. The van der Waals surface area contributed by atoms with Gasteiger partial charge in [0, 0.05) is 23.1 Å². The third-order valence-corrected chi connectivity index (χ3v) is 4.77. The third-order valence-electron chi connectivity index (χ3n) is 4.77. The van der Waals surface area contributed by atoms with Gasteiger partial charge in [-0.25, -0.2) is 0 Å². The molecular formula is C23H22O4. The minimum absolute atomic E-state index is 0.0121. The molecule has 4 heteroatoms. The van der Waals surface area contributed by atoms with Gasteiger partial charge in [-0.2, -0.15) is 0 Å². The van der Waals surface area contributed by atoms with E-state index in [4.69, 9.17) is 13.9 Å². The Morgan fingerprint density at radius 1 is 1.04 bits per heavy atom. The molecule has 4 nitrogen and oxygen atoms in total. The largest absolute Gasteiger partial charge is 0.455 e. The molecular weight excluding hydrogens is 340 g/mol. The zero-order chi connectivity index (χ0) is 18.6. The maximum atomic E-state index is 12.9. The van der Waals surface area contributed by atoms with E-state index in [9.17, 15) is 4.79 Å². The number of hydrogen-bond acceptors (Lipinski definition) is 4. The van der Waals surface area contributed by atoms with Crippen LogP contribution in [0.4, 0.5) is 0 Å². The van der Waals surface area contributed by atoms with Crippen LogP contribution in [0.1, 0.15) is 24.0 Å². The number of rotatable bonds is 5. The minimum Gasteiger partial charge on any atom is -0.455 e. The highest BCUT2D eigenvalue weighted by Gasteiger charge is 2.15. The van der Waals surface area contributed by atoms with Crippen LogP contribution < -0.4 is 5.43 Å². The van der Waals surface area contributed by atoms with Crippen LogP contribution in [0.15, 0.2) is 63.8 Å². The van der Waals surface area contributed by atoms with Gasteiger partial charge in [-0.3, -0.25) is 4.79 Å². The van der Waals surface area contributed by atoms with Crippen molar-refractivity contribution in [2.75, 3.05) is 13.2 Å². The van der Waals surface area contributed by atoms with Crippen LogP contribution in [-0.2, 0) is 9.47 Å². The number of benzene rings is 2. The third kappa shape index (κ3) is 3.72. The monoisotopic (exact) mass is 362 g/mol. The Morgan fingerprint density at radius 3 is 2.59 bits per heavy atom. The summed E-state index contributed by atoms with van der Waals surface area (Å²) in [6.07, 6.45) is 5.63. The van der Waals surface area contributed by atoms with Crippen LogP contribution in [0.5, 0.6) is 0 Å². The van der Waals surface area contributed by atoms with Crippen molar-refractivity contribution >= 4 is 17.0 Å². The summed E-state index contributed by atoms with van der Waals surface area (Å²) in [4.78, 5) is 12.9. The molecule has 1 saturated heterocycles. The van der Waals surface area contributed by atoms with Crippen molar-refractivity contribution < 1.29 is 13.9 Å². The standard InChI is InChI=1S/C23H22O4/c1-16-21(24)19-12-7-11-18(10-5-6-13-20-25-14-15-26-20)23(19)27-22(16)17-8-3-2-4-9-17/h2-5,7-12,20H,6,13-15H2,1H3. The maximum Gasteiger partial charge on any atom is 0.196 e. The molecule has 27 heavy (non-hydrogen) atoms. The van der Waals surface area contributed by atoms with E-state index in [1.807, 2.05) is 61.5 Å². The Hall–Kier alpha value is -2.69. The Bertz CT molecular complexity index is 1010. The number of para-hydroxylation sites is 1. The van der Waals surface area contributed by atoms with Crippen molar-refractivity contribution in [3.05, 3.63) is 76.0 Å². The van der Waals surface area contributed by atoms with Gasteiger partial charge in [-0.05, 0) is 19.4 Å². The number of ether oxygens (including phenoxy) is 2. The van der Waals surface area contributed by atoms with Crippen LogP contribution in [0.3, 0.4) is 0 Å². The highest BCUT2D eigenvalue weighted by Crippen LogP contribution is 2.27. The number of fused-ring (bicyclic) bond motifs is 1. The first kappa shape index (κ1) is 17.7. The first-order valence-electron chi connectivity index (χ1n) is 9.25. The fourth-order valence-corrected chi connectivity index (χ4v) is 3.34. The van der Waals surface area contributed by atoms with Crippen molar-refractivity contribution in [1.29, 1.82) is 0 Å². The summed E-state index contributed by atoms with van der Waals surface area (Å²) in [6, 6.07) is 15.4. The van der Waals surface area contributed by atoms with Crippen LogP contribution in [0.2, 0.25) is 0 Å². The quantitative estimate of drug-likeness (QED) is 0.645. The van der Waals surface area contributed by atoms with Crippen LogP contribution in [0.25, 0.3) is 28.4 Å². The summed E-state index contributed by atoms with van der Waals surface area (Å²) in [5.41, 5.74) is 3.07. The molecule has 0 spiro atoms. The van der Waals surface area contributed by atoms with E-state index in [1.165, 1.54) is 0 Å². The van der Waals surface area contributed by atoms with E-state index < -0.39 is 0 Å². The predicted molar refractivity (Wildman–Crippen MR) is 107 cm³/mol. The van der Waals surface area contributed by atoms with Crippen molar-refractivity contribution in [2.45, 2.75) is 26.1 Å². The summed E-state index contributed by atoms with van der Waals surface area (Å²) in [5.74, 6) is 0.627. The Labute approximate surface area is 158 Å². The molecule has 1 fully saturated rings. The van der Waals surface area contributed by atoms with Gasteiger partial charge in [-0.15, -0.1) is 0 Å². The average Bonchev–Trinajstić information content (AvgIpc) is 3.22.